The van der Waals surface area contributed by atoms with E-state index in [0.717, 1.165) is 13.2 Å². The van der Waals surface area contributed by atoms with Crippen molar-refractivity contribution < 1.29 is 4.74 Å². The second-order valence-electron chi connectivity index (χ2n) is 4.29. The molecule has 1 aromatic rings. The molecule has 1 aliphatic rings. The van der Waals surface area contributed by atoms with E-state index in [0.29, 0.717) is 12.1 Å². The van der Waals surface area contributed by atoms with Crippen LogP contribution in [0.4, 0.5) is 0 Å². The molecule has 88 valence electrons. The Kier molecular flexibility index (Phi) is 4.38. The number of rotatable bonds is 4. The lowest BCUT2D eigenvalue weighted by Gasteiger charge is -2.18. The maximum absolute atomic E-state index is 5.60. The van der Waals surface area contributed by atoms with Gasteiger partial charge in [-0.15, -0.1) is 0 Å². The number of hydrogen-bond donors (Lipinski definition) is 1. The van der Waals surface area contributed by atoms with Crippen molar-refractivity contribution in [3.8, 4) is 0 Å². The fourth-order valence-electron chi connectivity index (χ4n) is 2.05. The monoisotopic (exact) mass is 283 g/mol. The molecule has 0 saturated carbocycles. The van der Waals surface area contributed by atoms with E-state index < -0.39 is 0 Å². The summed E-state index contributed by atoms with van der Waals surface area (Å²) in [5.74, 6) is 0. The van der Waals surface area contributed by atoms with Crippen LogP contribution in [-0.2, 0) is 4.74 Å². The second-order valence-corrected chi connectivity index (χ2v) is 5.14. The maximum Gasteiger partial charge on any atom is 0.0700 e. The first-order valence-corrected chi connectivity index (χ1v) is 6.66. The van der Waals surface area contributed by atoms with Gasteiger partial charge in [-0.3, -0.25) is 0 Å². The summed E-state index contributed by atoms with van der Waals surface area (Å²) in [5.41, 5.74) is 1.31. The molecule has 0 radical (unpaired) electrons. The summed E-state index contributed by atoms with van der Waals surface area (Å²) in [6.45, 7) is 4.06. The summed E-state index contributed by atoms with van der Waals surface area (Å²) in [6, 6.07) is 8.71. The summed E-state index contributed by atoms with van der Waals surface area (Å²) < 4.78 is 6.76. The zero-order valence-electron chi connectivity index (χ0n) is 9.58. The molecule has 0 bridgehead atoms. The third-order valence-corrected chi connectivity index (χ3v) is 3.77. The minimum absolute atomic E-state index is 0.361. The third-order valence-electron chi connectivity index (χ3n) is 3.05. The normalized spacial score (nSPS) is 22.2. The van der Waals surface area contributed by atoms with Gasteiger partial charge < -0.3 is 10.1 Å². The van der Waals surface area contributed by atoms with Crippen molar-refractivity contribution in [1.82, 2.24) is 5.32 Å². The van der Waals surface area contributed by atoms with Crippen LogP contribution in [0.1, 0.15) is 31.4 Å². The first-order chi connectivity index (χ1) is 7.77. The first kappa shape index (κ1) is 12.1. The molecule has 2 rings (SSSR count). The Morgan fingerprint density at radius 1 is 1.50 bits per heavy atom. The van der Waals surface area contributed by atoms with Gasteiger partial charge in [0, 0.05) is 23.7 Å². The van der Waals surface area contributed by atoms with Crippen molar-refractivity contribution in [3.05, 3.63) is 34.3 Å². The van der Waals surface area contributed by atoms with Crippen molar-refractivity contribution in [2.45, 2.75) is 31.9 Å². The molecule has 0 amide bonds. The van der Waals surface area contributed by atoms with Crippen LogP contribution in [0.15, 0.2) is 28.7 Å². The number of nitrogens with one attached hydrogen (secondary N) is 1. The average Bonchev–Trinajstić information content (AvgIpc) is 2.79. The fraction of sp³-hybridized carbons (Fsp3) is 0.538. The minimum atomic E-state index is 0.361. The molecule has 16 heavy (non-hydrogen) atoms. The van der Waals surface area contributed by atoms with E-state index >= 15 is 0 Å². The largest absolute Gasteiger partial charge is 0.377 e. The van der Waals surface area contributed by atoms with Crippen LogP contribution in [0.25, 0.3) is 0 Å². The van der Waals surface area contributed by atoms with Gasteiger partial charge in [0.2, 0.25) is 0 Å². The molecule has 1 heterocycles. The highest BCUT2D eigenvalue weighted by atomic mass is 79.9. The summed E-state index contributed by atoms with van der Waals surface area (Å²) >= 11 is 3.58. The number of halogens is 1. The summed E-state index contributed by atoms with van der Waals surface area (Å²) in [7, 11) is 0. The van der Waals surface area contributed by atoms with Crippen molar-refractivity contribution >= 4 is 15.9 Å². The highest BCUT2D eigenvalue weighted by molar-refractivity contribution is 9.10. The minimum Gasteiger partial charge on any atom is -0.377 e. The highest BCUT2D eigenvalue weighted by Crippen LogP contribution is 2.23. The molecular weight excluding hydrogens is 266 g/mol. The Bertz CT molecular complexity index is 336. The fourth-order valence-corrected chi connectivity index (χ4v) is 2.68. The molecule has 0 aliphatic carbocycles. The van der Waals surface area contributed by atoms with Crippen LogP contribution in [0.5, 0.6) is 0 Å². The van der Waals surface area contributed by atoms with Crippen LogP contribution < -0.4 is 5.32 Å². The van der Waals surface area contributed by atoms with Crippen LogP contribution >= 0.6 is 15.9 Å². The Balaban J connectivity index is 1.87. The molecular formula is C13H18BrNO. The second kappa shape index (κ2) is 5.80. The van der Waals surface area contributed by atoms with E-state index in [-0.39, 0.29) is 0 Å². The van der Waals surface area contributed by atoms with Crippen LogP contribution in [0.2, 0.25) is 0 Å². The first-order valence-electron chi connectivity index (χ1n) is 5.87. The summed E-state index contributed by atoms with van der Waals surface area (Å²) in [4.78, 5) is 0. The lowest BCUT2D eigenvalue weighted by atomic mass is 10.1. The standard InChI is InChI=1S/C13H18BrNO/c1-10(12-6-2-3-7-13(12)14)15-9-11-5-4-8-16-11/h2-3,6-7,10-11,15H,4-5,8-9H2,1H3. The van der Waals surface area contributed by atoms with Crippen LogP contribution in [-0.4, -0.2) is 19.3 Å². The van der Waals surface area contributed by atoms with E-state index in [1.165, 1.54) is 22.9 Å². The van der Waals surface area contributed by atoms with Crippen molar-refractivity contribution in [2.24, 2.45) is 0 Å². The van der Waals surface area contributed by atoms with Crippen LogP contribution in [0, 0.1) is 0 Å². The van der Waals surface area contributed by atoms with E-state index in [1.807, 2.05) is 6.07 Å². The predicted octanol–water partition coefficient (Wildman–Crippen LogP) is 3.28. The Morgan fingerprint density at radius 3 is 3.00 bits per heavy atom. The van der Waals surface area contributed by atoms with Gasteiger partial charge in [0.15, 0.2) is 0 Å². The summed E-state index contributed by atoms with van der Waals surface area (Å²) in [6.07, 6.45) is 2.80. The molecule has 0 spiro atoms. The molecule has 1 aliphatic heterocycles. The molecule has 2 unspecified atom stereocenters. The smallest absolute Gasteiger partial charge is 0.0700 e. The maximum atomic E-state index is 5.60. The number of benzene rings is 1. The van der Waals surface area contributed by atoms with E-state index in [2.05, 4.69) is 46.4 Å². The van der Waals surface area contributed by atoms with E-state index in [4.69, 9.17) is 4.74 Å². The van der Waals surface area contributed by atoms with Crippen molar-refractivity contribution in [3.63, 3.8) is 0 Å². The molecule has 2 atom stereocenters. The molecule has 1 N–H and O–H groups in total. The van der Waals surface area contributed by atoms with Gasteiger partial charge in [-0.2, -0.15) is 0 Å². The Morgan fingerprint density at radius 2 is 2.31 bits per heavy atom. The van der Waals surface area contributed by atoms with Gasteiger partial charge in [0.05, 0.1) is 6.10 Å². The molecule has 1 saturated heterocycles. The van der Waals surface area contributed by atoms with Crippen molar-refractivity contribution in [2.75, 3.05) is 13.2 Å². The molecule has 1 aromatic carbocycles. The van der Waals surface area contributed by atoms with E-state index in [1.54, 1.807) is 0 Å². The van der Waals surface area contributed by atoms with Crippen LogP contribution in [0.3, 0.4) is 0 Å². The SMILES string of the molecule is CC(NCC1CCCO1)c1ccccc1Br. The highest BCUT2D eigenvalue weighted by Gasteiger charge is 2.16. The third kappa shape index (κ3) is 3.06. The molecule has 3 heteroatoms. The predicted molar refractivity (Wildman–Crippen MR) is 69.5 cm³/mol. The lowest BCUT2D eigenvalue weighted by Crippen LogP contribution is -2.28. The van der Waals surface area contributed by atoms with E-state index in [9.17, 15) is 0 Å². The van der Waals surface area contributed by atoms with Gasteiger partial charge in [-0.25, -0.2) is 0 Å². The number of hydrogen-bond acceptors (Lipinski definition) is 2. The lowest BCUT2D eigenvalue weighted by molar-refractivity contribution is 0.108. The Labute approximate surface area is 106 Å². The molecule has 1 fully saturated rings. The van der Waals surface area contributed by atoms with Gasteiger partial charge in [-0.1, -0.05) is 34.1 Å². The average molecular weight is 284 g/mol. The van der Waals surface area contributed by atoms with Gasteiger partial charge >= 0.3 is 0 Å². The quantitative estimate of drug-likeness (QED) is 0.916. The molecule has 0 aromatic heterocycles. The van der Waals surface area contributed by atoms with Crippen molar-refractivity contribution in [1.29, 1.82) is 0 Å². The topological polar surface area (TPSA) is 21.3 Å². The zero-order chi connectivity index (χ0) is 11.4. The number of ether oxygens (including phenoxy) is 1. The van der Waals surface area contributed by atoms with Gasteiger partial charge in [0.25, 0.3) is 0 Å². The van der Waals surface area contributed by atoms with Gasteiger partial charge in [-0.05, 0) is 31.4 Å². The zero-order valence-corrected chi connectivity index (χ0v) is 11.2. The van der Waals surface area contributed by atoms with Gasteiger partial charge in [0.1, 0.15) is 0 Å². The molecule has 2 nitrogen and oxygen atoms in total. The Hall–Kier alpha value is -0.380. The summed E-state index contributed by atoms with van der Waals surface area (Å²) in [5, 5.41) is 3.53.